The average Bonchev–Trinajstić information content (AvgIpc) is 3.33. The summed E-state index contributed by atoms with van der Waals surface area (Å²) in [5.74, 6) is 1.93. The van der Waals surface area contributed by atoms with Crippen molar-refractivity contribution in [1.29, 1.82) is 0 Å². The third-order valence-electron chi connectivity index (χ3n) is 5.09. The zero-order valence-corrected chi connectivity index (χ0v) is 13.3. The molecule has 2 nitrogen and oxygen atoms in total. The molecule has 2 heteroatoms. The molecule has 0 atom stereocenters. The van der Waals surface area contributed by atoms with Crippen LogP contribution in [0.5, 0.6) is 0 Å². The van der Waals surface area contributed by atoms with E-state index in [4.69, 9.17) is 0 Å². The number of hydrogen-bond donors (Lipinski definition) is 1. The van der Waals surface area contributed by atoms with Crippen molar-refractivity contribution in [3.63, 3.8) is 0 Å². The van der Waals surface area contributed by atoms with E-state index in [1.807, 2.05) is 0 Å². The lowest BCUT2D eigenvalue weighted by Crippen LogP contribution is -2.30. The summed E-state index contributed by atoms with van der Waals surface area (Å²) in [4.78, 5) is 2.71. The van der Waals surface area contributed by atoms with Gasteiger partial charge in [0.05, 0.1) is 0 Å². The molecule has 3 saturated carbocycles. The van der Waals surface area contributed by atoms with Gasteiger partial charge in [-0.15, -0.1) is 0 Å². The van der Waals surface area contributed by atoms with Crippen molar-refractivity contribution in [2.24, 2.45) is 11.8 Å². The van der Waals surface area contributed by atoms with Crippen LogP contribution in [0.2, 0.25) is 0 Å². The zero-order chi connectivity index (χ0) is 14.2. The van der Waals surface area contributed by atoms with E-state index in [1.165, 1.54) is 68.4 Å². The van der Waals surface area contributed by atoms with Crippen LogP contribution in [0.15, 0.2) is 18.2 Å². The summed E-state index contributed by atoms with van der Waals surface area (Å²) in [7, 11) is 0. The number of benzene rings is 1. The van der Waals surface area contributed by atoms with Gasteiger partial charge in [-0.3, -0.25) is 0 Å². The molecule has 0 heterocycles. The van der Waals surface area contributed by atoms with E-state index in [-0.39, 0.29) is 0 Å². The first-order valence-electron chi connectivity index (χ1n) is 8.86. The van der Waals surface area contributed by atoms with Gasteiger partial charge in [0.25, 0.3) is 0 Å². The fraction of sp³-hybridized carbons (Fsp3) is 0.684. The Morgan fingerprint density at radius 3 is 2.24 bits per heavy atom. The molecule has 0 spiro atoms. The van der Waals surface area contributed by atoms with Gasteiger partial charge in [0.2, 0.25) is 0 Å². The fourth-order valence-electron chi connectivity index (χ4n) is 3.20. The molecule has 0 amide bonds. The van der Waals surface area contributed by atoms with Crippen molar-refractivity contribution < 1.29 is 0 Å². The van der Waals surface area contributed by atoms with Gasteiger partial charge in [-0.05, 0) is 68.9 Å². The second kappa shape index (κ2) is 5.64. The van der Waals surface area contributed by atoms with Crippen LogP contribution in [0.1, 0.15) is 49.7 Å². The second-order valence-electron chi connectivity index (χ2n) is 7.58. The third-order valence-corrected chi connectivity index (χ3v) is 5.09. The minimum absolute atomic E-state index is 0.790. The van der Waals surface area contributed by atoms with Crippen LogP contribution >= 0.6 is 0 Å². The Hall–Kier alpha value is -1.02. The van der Waals surface area contributed by atoms with Gasteiger partial charge in [0.15, 0.2) is 0 Å². The summed E-state index contributed by atoms with van der Waals surface area (Å²) < 4.78 is 0. The van der Waals surface area contributed by atoms with E-state index >= 15 is 0 Å². The number of aryl methyl sites for hydroxylation is 1. The second-order valence-corrected chi connectivity index (χ2v) is 7.58. The predicted molar refractivity (Wildman–Crippen MR) is 88.7 cm³/mol. The molecule has 21 heavy (non-hydrogen) atoms. The van der Waals surface area contributed by atoms with Gasteiger partial charge in [-0.25, -0.2) is 0 Å². The van der Waals surface area contributed by atoms with Crippen LogP contribution in [0.25, 0.3) is 0 Å². The maximum absolute atomic E-state index is 3.71. The Bertz CT molecular complexity index is 484. The monoisotopic (exact) mass is 284 g/mol. The van der Waals surface area contributed by atoms with Crippen molar-refractivity contribution in [2.45, 2.75) is 58.0 Å². The maximum atomic E-state index is 3.71. The highest BCUT2D eigenvalue weighted by atomic mass is 15.1. The fourth-order valence-corrected chi connectivity index (χ4v) is 3.20. The Morgan fingerprint density at radius 1 is 1.00 bits per heavy atom. The Kier molecular flexibility index (Phi) is 3.66. The van der Waals surface area contributed by atoms with Crippen LogP contribution < -0.4 is 10.2 Å². The van der Waals surface area contributed by atoms with E-state index < -0.39 is 0 Å². The van der Waals surface area contributed by atoms with E-state index in [1.54, 1.807) is 0 Å². The molecular formula is C19H28N2. The molecule has 1 aromatic carbocycles. The van der Waals surface area contributed by atoms with Gasteiger partial charge >= 0.3 is 0 Å². The average molecular weight is 284 g/mol. The molecule has 0 aromatic heterocycles. The van der Waals surface area contributed by atoms with Crippen LogP contribution in [0, 0.1) is 18.8 Å². The van der Waals surface area contributed by atoms with Gasteiger partial charge in [0, 0.05) is 31.4 Å². The molecule has 3 aliphatic rings. The van der Waals surface area contributed by atoms with E-state index in [0.717, 1.165) is 24.4 Å². The number of rotatable bonds is 8. The number of anilines is 1. The lowest BCUT2D eigenvalue weighted by atomic mass is 10.1. The van der Waals surface area contributed by atoms with Gasteiger partial charge in [-0.1, -0.05) is 17.7 Å². The molecule has 0 radical (unpaired) electrons. The highest BCUT2D eigenvalue weighted by Crippen LogP contribution is 2.37. The Labute approximate surface area is 128 Å². The van der Waals surface area contributed by atoms with Crippen molar-refractivity contribution in [1.82, 2.24) is 5.32 Å². The van der Waals surface area contributed by atoms with Crippen LogP contribution in [0.3, 0.4) is 0 Å². The van der Waals surface area contributed by atoms with Gasteiger partial charge < -0.3 is 10.2 Å². The molecule has 1 aromatic rings. The minimum atomic E-state index is 0.790. The van der Waals surface area contributed by atoms with Crippen LogP contribution in [-0.4, -0.2) is 19.1 Å². The number of hydrogen-bond acceptors (Lipinski definition) is 2. The highest BCUT2D eigenvalue weighted by molar-refractivity contribution is 5.55. The van der Waals surface area contributed by atoms with Crippen molar-refractivity contribution >= 4 is 5.69 Å². The lowest BCUT2D eigenvalue weighted by molar-refractivity contribution is 0.658. The van der Waals surface area contributed by atoms with Crippen LogP contribution in [-0.2, 0) is 6.54 Å². The summed E-state index contributed by atoms with van der Waals surface area (Å²) in [6.07, 6.45) is 8.53. The van der Waals surface area contributed by atoms with Crippen LogP contribution in [0.4, 0.5) is 5.69 Å². The highest BCUT2D eigenvalue weighted by Gasteiger charge is 2.30. The molecule has 0 bridgehead atoms. The molecular weight excluding hydrogens is 256 g/mol. The third kappa shape index (κ3) is 3.79. The first kappa shape index (κ1) is 13.6. The minimum Gasteiger partial charge on any atom is -0.371 e. The molecule has 1 N–H and O–H groups in total. The Morgan fingerprint density at radius 2 is 1.67 bits per heavy atom. The van der Waals surface area contributed by atoms with Gasteiger partial charge in [-0.2, -0.15) is 0 Å². The quantitative estimate of drug-likeness (QED) is 0.779. The predicted octanol–water partition coefficient (Wildman–Crippen LogP) is 3.87. The molecule has 3 aliphatic carbocycles. The summed E-state index contributed by atoms with van der Waals surface area (Å²) in [5, 5.41) is 3.71. The number of nitrogens with one attached hydrogen (secondary N) is 1. The summed E-state index contributed by atoms with van der Waals surface area (Å²) in [6.45, 7) is 5.84. The van der Waals surface area contributed by atoms with Crippen molar-refractivity contribution in [2.75, 3.05) is 18.0 Å². The van der Waals surface area contributed by atoms with Crippen molar-refractivity contribution in [3.05, 3.63) is 29.3 Å². The summed E-state index contributed by atoms with van der Waals surface area (Å²) in [5.41, 5.74) is 4.42. The molecule has 114 valence electrons. The lowest BCUT2D eigenvalue weighted by Gasteiger charge is -2.28. The summed E-state index contributed by atoms with van der Waals surface area (Å²) in [6, 6.07) is 7.86. The largest absolute Gasteiger partial charge is 0.371 e. The first-order valence-corrected chi connectivity index (χ1v) is 8.86. The molecule has 0 aliphatic heterocycles. The topological polar surface area (TPSA) is 15.3 Å². The first-order chi connectivity index (χ1) is 10.3. The Balaban J connectivity index is 1.53. The molecule has 0 saturated heterocycles. The standard InChI is InChI=1S/C19H28N2/c1-14-2-9-19(17(10-14)11-20-18-7-8-18)21(12-15-3-4-15)13-16-5-6-16/h2,9-10,15-16,18,20H,3-8,11-13H2,1H3. The normalized spacial score (nSPS) is 21.6. The van der Waals surface area contributed by atoms with Crippen molar-refractivity contribution in [3.8, 4) is 0 Å². The van der Waals surface area contributed by atoms with E-state index in [2.05, 4.69) is 35.3 Å². The molecule has 4 rings (SSSR count). The molecule has 3 fully saturated rings. The summed E-state index contributed by atoms with van der Waals surface area (Å²) >= 11 is 0. The number of nitrogens with zero attached hydrogens (tertiary/aromatic N) is 1. The molecule has 0 unspecified atom stereocenters. The maximum Gasteiger partial charge on any atom is 0.0412 e. The van der Waals surface area contributed by atoms with E-state index in [0.29, 0.717) is 0 Å². The van der Waals surface area contributed by atoms with Gasteiger partial charge in [0.1, 0.15) is 0 Å². The smallest absolute Gasteiger partial charge is 0.0412 e. The SMILES string of the molecule is Cc1ccc(N(CC2CC2)CC2CC2)c(CNC2CC2)c1. The zero-order valence-electron chi connectivity index (χ0n) is 13.3. The van der Waals surface area contributed by atoms with E-state index in [9.17, 15) is 0 Å².